The molecule has 66 valence electrons. The standard InChI is InChI=1S/C9H19NO/c1-3-9(4-2)8(7-11)5-6-10-9/h8,10-11H,3-7H2,1-2H3. The molecule has 1 fully saturated rings. The zero-order chi connectivity index (χ0) is 8.32. The maximum absolute atomic E-state index is 9.12. The van der Waals surface area contributed by atoms with Gasteiger partial charge in [-0.15, -0.1) is 0 Å². The van der Waals surface area contributed by atoms with Crippen molar-refractivity contribution in [2.45, 2.75) is 38.6 Å². The first-order valence-electron chi connectivity index (χ1n) is 4.65. The highest BCUT2D eigenvalue weighted by atomic mass is 16.3. The molecule has 1 rings (SSSR count). The fraction of sp³-hybridized carbons (Fsp3) is 1.00. The van der Waals surface area contributed by atoms with Crippen molar-refractivity contribution < 1.29 is 5.11 Å². The number of nitrogens with one attached hydrogen (secondary N) is 1. The Balaban J connectivity index is 2.63. The Morgan fingerprint density at radius 2 is 2.09 bits per heavy atom. The molecule has 11 heavy (non-hydrogen) atoms. The number of aliphatic hydroxyl groups excluding tert-OH is 1. The summed E-state index contributed by atoms with van der Waals surface area (Å²) in [5.74, 6) is 0.484. The molecule has 0 bridgehead atoms. The zero-order valence-electron chi connectivity index (χ0n) is 7.56. The van der Waals surface area contributed by atoms with Crippen LogP contribution in [-0.4, -0.2) is 23.8 Å². The predicted molar refractivity (Wildman–Crippen MR) is 46.5 cm³/mol. The molecule has 1 atom stereocenters. The van der Waals surface area contributed by atoms with E-state index in [9.17, 15) is 0 Å². The Morgan fingerprint density at radius 1 is 1.45 bits per heavy atom. The van der Waals surface area contributed by atoms with Gasteiger partial charge in [-0.3, -0.25) is 0 Å². The van der Waals surface area contributed by atoms with E-state index < -0.39 is 0 Å². The molecule has 1 unspecified atom stereocenters. The lowest BCUT2D eigenvalue weighted by Crippen LogP contribution is -2.44. The van der Waals surface area contributed by atoms with Crippen LogP contribution in [0, 0.1) is 5.92 Å². The van der Waals surface area contributed by atoms with Crippen molar-refractivity contribution in [1.82, 2.24) is 5.32 Å². The first-order chi connectivity index (χ1) is 5.29. The van der Waals surface area contributed by atoms with Crippen molar-refractivity contribution in [3.8, 4) is 0 Å². The fourth-order valence-electron chi connectivity index (χ4n) is 2.26. The summed E-state index contributed by atoms with van der Waals surface area (Å²) in [6.45, 7) is 5.82. The van der Waals surface area contributed by atoms with Crippen molar-refractivity contribution in [2.75, 3.05) is 13.2 Å². The molecular weight excluding hydrogens is 138 g/mol. The first-order valence-corrected chi connectivity index (χ1v) is 4.65. The highest BCUT2D eigenvalue weighted by Crippen LogP contribution is 2.32. The van der Waals surface area contributed by atoms with E-state index in [0.717, 1.165) is 25.8 Å². The quantitative estimate of drug-likeness (QED) is 0.644. The van der Waals surface area contributed by atoms with Gasteiger partial charge in [0.05, 0.1) is 0 Å². The minimum Gasteiger partial charge on any atom is -0.396 e. The molecule has 0 radical (unpaired) electrons. The Hall–Kier alpha value is -0.0800. The van der Waals surface area contributed by atoms with Gasteiger partial charge in [0, 0.05) is 18.1 Å². The monoisotopic (exact) mass is 157 g/mol. The van der Waals surface area contributed by atoms with Crippen LogP contribution in [0.1, 0.15) is 33.1 Å². The molecule has 2 N–H and O–H groups in total. The number of aliphatic hydroxyl groups is 1. The van der Waals surface area contributed by atoms with Crippen LogP contribution in [0.2, 0.25) is 0 Å². The minimum absolute atomic E-state index is 0.245. The molecule has 2 heteroatoms. The topological polar surface area (TPSA) is 32.3 Å². The van der Waals surface area contributed by atoms with Gasteiger partial charge in [-0.05, 0) is 25.8 Å². The first kappa shape index (κ1) is 9.01. The summed E-state index contributed by atoms with van der Waals surface area (Å²) < 4.78 is 0. The van der Waals surface area contributed by atoms with Crippen molar-refractivity contribution >= 4 is 0 Å². The van der Waals surface area contributed by atoms with E-state index in [4.69, 9.17) is 5.11 Å². The van der Waals surface area contributed by atoms with Crippen LogP contribution in [0.5, 0.6) is 0 Å². The van der Waals surface area contributed by atoms with Gasteiger partial charge >= 0.3 is 0 Å². The molecular formula is C9H19NO. The van der Waals surface area contributed by atoms with Gasteiger partial charge in [-0.2, -0.15) is 0 Å². The molecule has 0 saturated carbocycles. The van der Waals surface area contributed by atoms with E-state index in [-0.39, 0.29) is 5.54 Å². The van der Waals surface area contributed by atoms with Gasteiger partial charge in [-0.25, -0.2) is 0 Å². The van der Waals surface area contributed by atoms with Crippen LogP contribution in [0.25, 0.3) is 0 Å². The molecule has 1 aliphatic rings. The SMILES string of the molecule is CCC1(CC)NCCC1CO. The summed E-state index contributed by atoms with van der Waals surface area (Å²) in [4.78, 5) is 0. The summed E-state index contributed by atoms with van der Waals surface area (Å²) >= 11 is 0. The lowest BCUT2D eigenvalue weighted by atomic mass is 9.81. The third kappa shape index (κ3) is 1.42. The third-order valence-corrected chi connectivity index (χ3v) is 3.23. The number of hydrogen-bond acceptors (Lipinski definition) is 2. The van der Waals surface area contributed by atoms with E-state index in [1.54, 1.807) is 0 Å². The van der Waals surface area contributed by atoms with Crippen LogP contribution < -0.4 is 5.32 Å². The second-order valence-electron chi connectivity index (χ2n) is 3.46. The van der Waals surface area contributed by atoms with E-state index >= 15 is 0 Å². The lowest BCUT2D eigenvalue weighted by molar-refractivity contribution is 0.153. The molecule has 0 aliphatic carbocycles. The Kier molecular flexibility index (Phi) is 2.90. The van der Waals surface area contributed by atoms with Crippen molar-refractivity contribution in [1.29, 1.82) is 0 Å². The average molecular weight is 157 g/mol. The molecule has 1 heterocycles. The number of hydrogen-bond donors (Lipinski definition) is 2. The van der Waals surface area contributed by atoms with Crippen molar-refractivity contribution in [3.05, 3.63) is 0 Å². The molecule has 1 saturated heterocycles. The average Bonchev–Trinajstić information content (AvgIpc) is 2.47. The fourth-order valence-corrected chi connectivity index (χ4v) is 2.26. The predicted octanol–water partition coefficient (Wildman–Crippen LogP) is 1.15. The van der Waals surface area contributed by atoms with Gasteiger partial charge in [0.1, 0.15) is 0 Å². The van der Waals surface area contributed by atoms with Crippen LogP contribution in [0.15, 0.2) is 0 Å². The van der Waals surface area contributed by atoms with Gasteiger partial charge in [0.15, 0.2) is 0 Å². The van der Waals surface area contributed by atoms with E-state index in [1.165, 1.54) is 0 Å². The van der Waals surface area contributed by atoms with Crippen molar-refractivity contribution in [2.24, 2.45) is 5.92 Å². The second kappa shape index (κ2) is 3.55. The summed E-state index contributed by atoms with van der Waals surface area (Å²) in [5.41, 5.74) is 0.245. The van der Waals surface area contributed by atoms with Gasteiger partial charge < -0.3 is 10.4 Å². The van der Waals surface area contributed by atoms with E-state index in [0.29, 0.717) is 12.5 Å². The van der Waals surface area contributed by atoms with E-state index in [2.05, 4.69) is 19.2 Å². The molecule has 2 nitrogen and oxygen atoms in total. The van der Waals surface area contributed by atoms with Crippen LogP contribution >= 0.6 is 0 Å². The van der Waals surface area contributed by atoms with Crippen LogP contribution in [0.3, 0.4) is 0 Å². The Bertz CT molecular complexity index is 121. The molecule has 0 aromatic heterocycles. The lowest BCUT2D eigenvalue weighted by Gasteiger charge is -2.32. The highest BCUT2D eigenvalue weighted by molar-refractivity contribution is 4.97. The second-order valence-corrected chi connectivity index (χ2v) is 3.46. The maximum Gasteiger partial charge on any atom is 0.0477 e. The maximum atomic E-state index is 9.12. The Morgan fingerprint density at radius 3 is 2.45 bits per heavy atom. The molecule has 0 spiro atoms. The minimum atomic E-state index is 0.245. The van der Waals surface area contributed by atoms with Gasteiger partial charge in [-0.1, -0.05) is 13.8 Å². The normalized spacial score (nSPS) is 29.2. The summed E-state index contributed by atoms with van der Waals surface area (Å²) in [7, 11) is 0. The molecule has 0 aromatic carbocycles. The molecule has 0 amide bonds. The number of rotatable bonds is 3. The third-order valence-electron chi connectivity index (χ3n) is 3.23. The van der Waals surface area contributed by atoms with Crippen LogP contribution in [-0.2, 0) is 0 Å². The largest absolute Gasteiger partial charge is 0.396 e. The highest BCUT2D eigenvalue weighted by Gasteiger charge is 2.38. The van der Waals surface area contributed by atoms with E-state index in [1.807, 2.05) is 0 Å². The van der Waals surface area contributed by atoms with Gasteiger partial charge in [0.2, 0.25) is 0 Å². The summed E-state index contributed by atoms with van der Waals surface area (Å²) in [6, 6.07) is 0. The zero-order valence-corrected chi connectivity index (χ0v) is 7.56. The molecule has 1 aliphatic heterocycles. The smallest absolute Gasteiger partial charge is 0.0477 e. The van der Waals surface area contributed by atoms with Crippen LogP contribution in [0.4, 0.5) is 0 Å². The summed E-state index contributed by atoms with van der Waals surface area (Å²) in [5, 5.41) is 12.6. The van der Waals surface area contributed by atoms with Gasteiger partial charge in [0.25, 0.3) is 0 Å². The summed E-state index contributed by atoms with van der Waals surface area (Å²) in [6.07, 6.45) is 3.40. The van der Waals surface area contributed by atoms with Crippen molar-refractivity contribution in [3.63, 3.8) is 0 Å². The Labute approximate surface area is 69.0 Å². The molecule has 0 aromatic rings.